The Balaban J connectivity index is 1.66. The minimum absolute atomic E-state index is 0.214. The highest BCUT2D eigenvalue weighted by Crippen LogP contribution is 2.43. The summed E-state index contributed by atoms with van der Waals surface area (Å²) in [5.41, 5.74) is 3.71. The summed E-state index contributed by atoms with van der Waals surface area (Å²) in [6, 6.07) is 17.9. The van der Waals surface area contributed by atoms with Gasteiger partial charge in [-0.1, -0.05) is 35.9 Å². The first kappa shape index (κ1) is 18.2. The number of rotatable bonds is 4. The van der Waals surface area contributed by atoms with Crippen LogP contribution in [0.25, 0.3) is 11.1 Å². The fourth-order valence-electron chi connectivity index (χ4n) is 3.29. The summed E-state index contributed by atoms with van der Waals surface area (Å²) in [6.07, 6.45) is 1.64. The maximum Gasteiger partial charge on any atom is 0.265 e. The lowest BCUT2D eigenvalue weighted by Crippen LogP contribution is -2.42. The average Bonchev–Trinajstić information content (AvgIpc) is 2.71. The van der Waals surface area contributed by atoms with Crippen LogP contribution in [0.4, 0.5) is 5.69 Å². The van der Waals surface area contributed by atoms with Gasteiger partial charge in [-0.25, -0.2) is 8.42 Å². The maximum atomic E-state index is 13.2. The van der Waals surface area contributed by atoms with Crippen molar-refractivity contribution >= 4 is 21.6 Å². The maximum absolute atomic E-state index is 13.2. The van der Waals surface area contributed by atoms with E-state index in [0.29, 0.717) is 16.9 Å². The number of nitrogens with zero attached hydrogens (tertiary/aromatic N) is 2. The fourth-order valence-corrected chi connectivity index (χ4v) is 4.94. The van der Waals surface area contributed by atoms with Gasteiger partial charge in [0, 0.05) is 17.3 Å². The Morgan fingerprint density at radius 1 is 1.04 bits per heavy atom. The molecule has 0 atom stereocenters. The van der Waals surface area contributed by atoms with Gasteiger partial charge in [-0.15, -0.1) is 0 Å². The molecule has 2 heterocycles. The summed E-state index contributed by atoms with van der Waals surface area (Å²) in [7, 11) is -3.83. The second-order valence-corrected chi connectivity index (χ2v) is 8.46. The van der Waals surface area contributed by atoms with Crippen LogP contribution in [0.2, 0.25) is 0 Å². The second kappa shape index (κ2) is 7.09. The lowest BCUT2D eigenvalue weighted by Gasteiger charge is -2.31. The third-order valence-electron chi connectivity index (χ3n) is 4.65. The SMILES string of the molecule is Cc1ccc2c(c1)-c1ccccc1S(=O)(=O)N2CC(=O)NCc1ccccn1. The number of carbonyl (C=O) groups is 1. The molecule has 142 valence electrons. The number of aromatic nitrogens is 1. The Labute approximate surface area is 163 Å². The highest BCUT2D eigenvalue weighted by atomic mass is 32.2. The molecule has 1 amide bonds. The second-order valence-electron chi connectivity index (χ2n) is 6.63. The topological polar surface area (TPSA) is 79.4 Å². The molecule has 0 saturated carbocycles. The quantitative estimate of drug-likeness (QED) is 0.739. The van der Waals surface area contributed by atoms with Crippen LogP contribution in [0.15, 0.2) is 71.8 Å². The van der Waals surface area contributed by atoms with Crippen LogP contribution in [0, 0.1) is 6.92 Å². The number of fused-ring (bicyclic) bond motifs is 3. The summed E-state index contributed by atoms with van der Waals surface area (Å²) in [5, 5.41) is 2.74. The van der Waals surface area contributed by atoms with Crippen molar-refractivity contribution in [3.63, 3.8) is 0 Å². The van der Waals surface area contributed by atoms with E-state index in [1.807, 2.05) is 31.2 Å². The minimum atomic E-state index is -3.83. The van der Waals surface area contributed by atoms with Gasteiger partial charge in [0.25, 0.3) is 10.0 Å². The molecule has 3 aromatic rings. The minimum Gasteiger partial charge on any atom is -0.349 e. The molecule has 0 unspecified atom stereocenters. The lowest BCUT2D eigenvalue weighted by molar-refractivity contribution is -0.119. The molecule has 7 heteroatoms. The van der Waals surface area contributed by atoms with Gasteiger partial charge in [0.05, 0.1) is 22.8 Å². The molecule has 1 aromatic heterocycles. The highest BCUT2D eigenvalue weighted by Gasteiger charge is 2.35. The fraction of sp³-hybridized carbons (Fsp3) is 0.143. The zero-order chi connectivity index (χ0) is 19.7. The molecule has 1 aliphatic heterocycles. The smallest absolute Gasteiger partial charge is 0.265 e. The first-order chi connectivity index (χ1) is 13.5. The van der Waals surface area contributed by atoms with Crippen molar-refractivity contribution in [2.24, 2.45) is 0 Å². The van der Waals surface area contributed by atoms with E-state index in [4.69, 9.17) is 0 Å². The van der Waals surface area contributed by atoms with Crippen LogP contribution in [0.5, 0.6) is 0 Å². The summed E-state index contributed by atoms with van der Waals surface area (Å²) in [4.78, 5) is 16.9. The summed E-state index contributed by atoms with van der Waals surface area (Å²) in [6.45, 7) is 1.90. The van der Waals surface area contributed by atoms with Gasteiger partial charge >= 0.3 is 0 Å². The number of hydrogen-bond donors (Lipinski definition) is 1. The predicted molar refractivity (Wildman–Crippen MR) is 107 cm³/mol. The number of aryl methyl sites for hydroxylation is 1. The molecule has 0 fully saturated rings. The lowest BCUT2D eigenvalue weighted by atomic mass is 10.0. The molecule has 28 heavy (non-hydrogen) atoms. The van der Waals surface area contributed by atoms with E-state index in [1.165, 1.54) is 4.31 Å². The number of sulfonamides is 1. The molecule has 0 spiro atoms. The number of carbonyl (C=O) groups excluding carboxylic acids is 1. The number of benzene rings is 2. The van der Waals surface area contributed by atoms with Gasteiger partial charge in [-0.3, -0.25) is 14.1 Å². The molecule has 4 rings (SSSR count). The molecule has 0 bridgehead atoms. The third-order valence-corrected chi connectivity index (χ3v) is 6.46. The Morgan fingerprint density at radius 2 is 1.82 bits per heavy atom. The Hall–Kier alpha value is -3.19. The van der Waals surface area contributed by atoms with Gasteiger partial charge in [0.1, 0.15) is 6.54 Å². The van der Waals surface area contributed by atoms with E-state index >= 15 is 0 Å². The summed E-state index contributed by atoms with van der Waals surface area (Å²) in [5.74, 6) is -0.389. The average molecular weight is 393 g/mol. The van der Waals surface area contributed by atoms with Gasteiger partial charge in [-0.2, -0.15) is 0 Å². The zero-order valence-electron chi connectivity index (χ0n) is 15.3. The van der Waals surface area contributed by atoms with Crippen LogP contribution >= 0.6 is 0 Å². The van der Waals surface area contributed by atoms with E-state index in [-0.39, 0.29) is 23.9 Å². The van der Waals surface area contributed by atoms with Gasteiger partial charge in [-0.05, 0) is 37.3 Å². The first-order valence-corrected chi connectivity index (χ1v) is 10.3. The number of nitrogens with one attached hydrogen (secondary N) is 1. The van der Waals surface area contributed by atoms with Crippen LogP contribution in [-0.2, 0) is 21.4 Å². The van der Waals surface area contributed by atoms with Gasteiger partial charge in [0.2, 0.25) is 5.91 Å². The van der Waals surface area contributed by atoms with Crippen molar-refractivity contribution in [3.05, 3.63) is 78.1 Å². The Bertz CT molecular complexity index is 1140. The number of amides is 1. The van der Waals surface area contributed by atoms with E-state index < -0.39 is 10.0 Å². The van der Waals surface area contributed by atoms with Crippen molar-refractivity contribution in [1.82, 2.24) is 10.3 Å². The summed E-state index contributed by atoms with van der Waals surface area (Å²) < 4.78 is 27.6. The van der Waals surface area contributed by atoms with Crippen LogP contribution in [0.3, 0.4) is 0 Å². The highest BCUT2D eigenvalue weighted by molar-refractivity contribution is 7.93. The van der Waals surface area contributed by atoms with E-state index in [0.717, 1.165) is 11.1 Å². The number of pyridine rings is 1. The molecule has 6 nitrogen and oxygen atoms in total. The molecule has 2 aromatic carbocycles. The van der Waals surface area contributed by atoms with Crippen LogP contribution in [-0.4, -0.2) is 25.9 Å². The molecule has 0 aliphatic carbocycles. The van der Waals surface area contributed by atoms with Crippen molar-refractivity contribution in [3.8, 4) is 11.1 Å². The third kappa shape index (κ3) is 3.25. The van der Waals surface area contributed by atoms with E-state index in [1.54, 1.807) is 42.6 Å². The Morgan fingerprint density at radius 3 is 2.61 bits per heavy atom. The molecule has 1 aliphatic rings. The molecular formula is C21H19N3O3S. The molecule has 0 saturated heterocycles. The van der Waals surface area contributed by atoms with E-state index in [9.17, 15) is 13.2 Å². The van der Waals surface area contributed by atoms with Crippen molar-refractivity contribution in [2.75, 3.05) is 10.8 Å². The normalized spacial score (nSPS) is 14.1. The van der Waals surface area contributed by atoms with Crippen LogP contribution in [0.1, 0.15) is 11.3 Å². The van der Waals surface area contributed by atoms with Gasteiger partial charge < -0.3 is 5.32 Å². The first-order valence-electron chi connectivity index (χ1n) is 8.86. The van der Waals surface area contributed by atoms with Crippen molar-refractivity contribution in [2.45, 2.75) is 18.4 Å². The summed E-state index contributed by atoms with van der Waals surface area (Å²) >= 11 is 0. The molecule has 0 radical (unpaired) electrons. The van der Waals surface area contributed by atoms with Crippen LogP contribution < -0.4 is 9.62 Å². The monoisotopic (exact) mass is 393 g/mol. The van der Waals surface area contributed by atoms with Crippen molar-refractivity contribution < 1.29 is 13.2 Å². The number of anilines is 1. The van der Waals surface area contributed by atoms with Gasteiger partial charge in [0.15, 0.2) is 0 Å². The molecule has 1 N–H and O–H groups in total. The number of hydrogen-bond acceptors (Lipinski definition) is 4. The zero-order valence-corrected chi connectivity index (χ0v) is 16.1. The Kier molecular flexibility index (Phi) is 4.60. The predicted octanol–water partition coefficient (Wildman–Crippen LogP) is 2.88. The van der Waals surface area contributed by atoms with E-state index in [2.05, 4.69) is 10.3 Å². The standard InChI is InChI=1S/C21H19N3O3S/c1-15-9-10-19-18(12-15)17-7-2-3-8-20(17)28(26,27)24(19)14-21(25)23-13-16-6-4-5-11-22-16/h2-12H,13-14H2,1H3,(H,23,25). The van der Waals surface area contributed by atoms with Crippen molar-refractivity contribution in [1.29, 1.82) is 0 Å². The molecular weight excluding hydrogens is 374 g/mol. The largest absolute Gasteiger partial charge is 0.349 e.